The first-order valence-corrected chi connectivity index (χ1v) is 8.38. The number of rotatable bonds is 5. The van der Waals surface area contributed by atoms with Crippen molar-refractivity contribution in [3.05, 3.63) is 35.4 Å². The maximum absolute atomic E-state index is 12.9. The molecule has 1 aromatic rings. The van der Waals surface area contributed by atoms with Gasteiger partial charge in [-0.25, -0.2) is 0 Å². The Kier molecular flexibility index (Phi) is 3.46. The first kappa shape index (κ1) is 13.3. The maximum Gasteiger partial charge on any atom is 0.240 e. The zero-order chi connectivity index (χ0) is 14.2. The second kappa shape index (κ2) is 5.45. The van der Waals surface area contributed by atoms with Gasteiger partial charge in [0.1, 0.15) is 0 Å². The monoisotopic (exact) mass is 284 g/mol. The average Bonchev–Trinajstić information content (AvgIpc) is 3.41. The Balaban J connectivity index is 1.44. The Morgan fingerprint density at radius 2 is 1.67 bits per heavy atom. The fourth-order valence-electron chi connectivity index (χ4n) is 3.33. The molecule has 1 aromatic carbocycles. The molecule has 0 aromatic heterocycles. The fraction of sp³-hybridized carbons (Fsp3) is 0.611. The minimum atomic E-state index is -0.0163. The van der Waals surface area contributed by atoms with Gasteiger partial charge < -0.3 is 10.2 Å². The molecule has 2 saturated carbocycles. The minimum absolute atomic E-state index is 0.0163. The standard InChI is InChI=1S/C18H24N2O/c21-18(20(11-13-5-6-13)12-14-7-8-14)17-9-15-3-1-2-4-16(15)10-19-17/h1-4,13-14,17,19H,5-12H2/t17-/m1/s1. The highest BCUT2D eigenvalue weighted by atomic mass is 16.2. The Hall–Kier alpha value is -1.35. The van der Waals surface area contributed by atoms with E-state index in [2.05, 4.69) is 34.5 Å². The van der Waals surface area contributed by atoms with Crippen molar-refractivity contribution < 1.29 is 4.79 Å². The highest BCUT2D eigenvalue weighted by molar-refractivity contribution is 5.82. The maximum atomic E-state index is 12.9. The lowest BCUT2D eigenvalue weighted by Crippen LogP contribution is -2.50. The Morgan fingerprint density at radius 3 is 2.29 bits per heavy atom. The summed E-state index contributed by atoms with van der Waals surface area (Å²) in [4.78, 5) is 15.1. The summed E-state index contributed by atoms with van der Waals surface area (Å²) in [6.07, 6.45) is 6.11. The number of amides is 1. The van der Waals surface area contributed by atoms with Gasteiger partial charge in [0.15, 0.2) is 0 Å². The van der Waals surface area contributed by atoms with Crippen LogP contribution in [0.3, 0.4) is 0 Å². The SMILES string of the molecule is O=C([C@H]1Cc2ccccc2CN1)N(CC1CC1)CC1CC1. The average molecular weight is 284 g/mol. The molecule has 1 amide bonds. The predicted octanol–water partition coefficient (Wildman–Crippen LogP) is 2.35. The van der Waals surface area contributed by atoms with Crippen LogP contribution in [0.1, 0.15) is 36.8 Å². The summed E-state index contributed by atoms with van der Waals surface area (Å²) in [5.74, 6) is 1.90. The topological polar surface area (TPSA) is 32.3 Å². The second-order valence-corrected chi connectivity index (χ2v) is 7.04. The van der Waals surface area contributed by atoms with E-state index < -0.39 is 0 Å². The number of hydrogen-bond donors (Lipinski definition) is 1. The Bertz CT molecular complexity index is 520. The molecule has 112 valence electrons. The van der Waals surface area contributed by atoms with E-state index in [0.717, 1.165) is 37.9 Å². The van der Waals surface area contributed by atoms with Crippen molar-refractivity contribution in [2.75, 3.05) is 13.1 Å². The summed E-state index contributed by atoms with van der Waals surface area (Å²) in [6.45, 7) is 2.82. The summed E-state index contributed by atoms with van der Waals surface area (Å²) in [6, 6.07) is 8.47. The van der Waals surface area contributed by atoms with E-state index in [1.165, 1.54) is 36.8 Å². The number of fused-ring (bicyclic) bond motifs is 1. The lowest BCUT2D eigenvalue weighted by Gasteiger charge is -2.31. The molecule has 4 rings (SSSR count). The molecular weight excluding hydrogens is 260 g/mol. The van der Waals surface area contributed by atoms with E-state index in [1.807, 2.05) is 0 Å². The highest BCUT2D eigenvalue weighted by Gasteiger charge is 2.35. The van der Waals surface area contributed by atoms with Crippen molar-refractivity contribution in [3.63, 3.8) is 0 Å². The van der Waals surface area contributed by atoms with Crippen molar-refractivity contribution >= 4 is 5.91 Å². The smallest absolute Gasteiger partial charge is 0.240 e. The third kappa shape index (κ3) is 3.13. The molecule has 1 aliphatic heterocycles. The van der Waals surface area contributed by atoms with Crippen LogP contribution in [-0.2, 0) is 17.8 Å². The number of nitrogens with zero attached hydrogens (tertiary/aromatic N) is 1. The van der Waals surface area contributed by atoms with Gasteiger partial charge in [0, 0.05) is 19.6 Å². The van der Waals surface area contributed by atoms with E-state index >= 15 is 0 Å². The number of nitrogens with one attached hydrogen (secondary N) is 1. The molecule has 0 bridgehead atoms. The van der Waals surface area contributed by atoms with Gasteiger partial charge in [-0.1, -0.05) is 24.3 Å². The summed E-state index contributed by atoms with van der Waals surface area (Å²) in [5, 5.41) is 3.45. The quantitative estimate of drug-likeness (QED) is 0.900. The highest BCUT2D eigenvalue weighted by Crippen LogP contribution is 2.34. The van der Waals surface area contributed by atoms with Crippen LogP contribution >= 0.6 is 0 Å². The Morgan fingerprint density at radius 1 is 1.05 bits per heavy atom. The van der Waals surface area contributed by atoms with E-state index in [0.29, 0.717) is 5.91 Å². The van der Waals surface area contributed by atoms with Crippen molar-refractivity contribution in [2.45, 2.75) is 44.7 Å². The third-order valence-corrected chi connectivity index (χ3v) is 5.04. The zero-order valence-electron chi connectivity index (χ0n) is 12.6. The van der Waals surface area contributed by atoms with Gasteiger partial charge in [-0.3, -0.25) is 4.79 Å². The first-order valence-electron chi connectivity index (χ1n) is 8.38. The van der Waals surface area contributed by atoms with E-state index in [4.69, 9.17) is 0 Å². The predicted molar refractivity (Wildman–Crippen MR) is 82.8 cm³/mol. The van der Waals surface area contributed by atoms with Gasteiger partial charge in [0.25, 0.3) is 0 Å². The van der Waals surface area contributed by atoms with E-state index in [1.54, 1.807) is 0 Å². The number of carbonyl (C=O) groups excluding carboxylic acids is 1. The summed E-state index contributed by atoms with van der Waals surface area (Å²) >= 11 is 0. The van der Waals surface area contributed by atoms with Crippen LogP contribution in [0.2, 0.25) is 0 Å². The lowest BCUT2D eigenvalue weighted by atomic mass is 9.95. The van der Waals surface area contributed by atoms with E-state index in [-0.39, 0.29) is 6.04 Å². The van der Waals surface area contributed by atoms with Gasteiger partial charge in [-0.05, 0) is 55.1 Å². The summed E-state index contributed by atoms with van der Waals surface area (Å²) in [7, 11) is 0. The molecule has 3 heteroatoms. The second-order valence-electron chi connectivity index (χ2n) is 7.04. The number of benzene rings is 1. The summed E-state index contributed by atoms with van der Waals surface area (Å²) in [5.41, 5.74) is 2.69. The van der Waals surface area contributed by atoms with Crippen molar-refractivity contribution in [2.24, 2.45) is 11.8 Å². The van der Waals surface area contributed by atoms with Crippen molar-refractivity contribution in [1.29, 1.82) is 0 Å². The minimum Gasteiger partial charge on any atom is -0.341 e. The molecular formula is C18H24N2O. The van der Waals surface area contributed by atoms with Gasteiger partial charge in [-0.15, -0.1) is 0 Å². The van der Waals surface area contributed by atoms with Gasteiger partial charge >= 0.3 is 0 Å². The van der Waals surface area contributed by atoms with Crippen LogP contribution in [0.25, 0.3) is 0 Å². The van der Waals surface area contributed by atoms with Crippen LogP contribution in [0.5, 0.6) is 0 Å². The molecule has 3 nitrogen and oxygen atoms in total. The fourth-order valence-corrected chi connectivity index (χ4v) is 3.33. The molecule has 0 saturated heterocycles. The van der Waals surface area contributed by atoms with Crippen LogP contribution in [-0.4, -0.2) is 29.9 Å². The number of hydrogen-bond acceptors (Lipinski definition) is 2. The molecule has 1 heterocycles. The van der Waals surface area contributed by atoms with Crippen LogP contribution < -0.4 is 5.32 Å². The first-order chi connectivity index (χ1) is 10.3. The third-order valence-electron chi connectivity index (χ3n) is 5.04. The molecule has 21 heavy (non-hydrogen) atoms. The molecule has 0 spiro atoms. The molecule has 2 aliphatic carbocycles. The van der Waals surface area contributed by atoms with Crippen molar-refractivity contribution in [3.8, 4) is 0 Å². The molecule has 1 atom stereocenters. The Labute approximate surface area is 126 Å². The number of carbonyl (C=O) groups is 1. The molecule has 1 N–H and O–H groups in total. The molecule has 2 fully saturated rings. The lowest BCUT2D eigenvalue weighted by molar-refractivity contribution is -0.134. The largest absolute Gasteiger partial charge is 0.341 e. The zero-order valence-corrected chi connectivity index (χ0v) is 12.6. The van der Waals surface area contributed by atoms with Gasteiger partial charge in [-0.2, -0.15) is 0 Å². The van der Waals surface area contributed by atoms with Crippen LogP contribution in [0.4, 0.5) is 0 Å². The van der Waals surface area contributed by atoms with Crippen molar-refractivity contribution in [1.82, 2.24) is 10.2 Å². The van der Waals surface area contributed by atoms with Gasteiger partial charge in [0.05, 0.1) is 6.04 Å². The van der Waals surface area contributed by atoms with Gasteiger partial charge in [0.2, 0.25) is 5.91 Å². The normalized spacial score (nSPS) is 24.5. The molecule has 0 unspecified atom stereocenters. The summed E-state index contributed by atoms with van der Waals surface area (Å²) < 4.78 is 0. The molecule has 0 radical (unpaired) electrons. The van der Waals surface area contributed by atoms with Crippen LogP contribution in [0, 0.1) is 11.8 Å². The van der Waals surface area contributed by atoms with E-state index in [9.17, 15) is 4.79 Å². The molecule has 3 aliphatic rings. The van der Waals surface area contributed by atoms with Crippen LogP contribution in [0.15, 0.2) is 24.3 Å².